The topological polar surface area (TPSA) is 86.6 Å². The zero-order chi connectivity index (χ0) is 14.8. The van der Waals surface area contributed by atoms with Crippen molar-refractivity contribution in [1.29, 1.82) is 0 Å². The minimum Gasteiger partial charge on any atom is -0.475 e. The van der Waals surface area contributed by atoms with E-state index in [-0.39, 0.29) is 12.8 Å². The third-order valence-electron chi connectivity index (χ3n) is 1.88. The lowest BCUT2D eigenvalue weighted by Gasteiger charge is -2.18. The molecule has 3 N–H and O–H groups in total. The van der Waals surface area contributed by atoms with Gasteiger partial charge in [0.2, 0.25) is 0 Å². The lowest BCUT2D eigenvalue weighted by Crippen LogP contribution is -2.47. The predicted molar refractivity (Wildman–Crippen MR) is 42.9 cm³/mol. The molecule has 1 saturated carbocycles. The first kappa shape index (κ1) is 16.3. The van der Waals surface area contributed by atoms with Crippen molar-refractivity contribution in [3.8, 4) is 0 Å². The number of hydrogen-bond donors (Lipinski definition) is 3. The summed E-state index contributed by atoms with van der Waals surface area (Å²) in [6.45, 7) is 0. The SMILES string of the molecule is O=C(O)C(F)(F)F.O=C(O)NC1(C(F)(F)F)CC1. The van der Waals surface area contributed by atoms with E-state index in [9.17, 15) is 31.1 Å². The summed E-state index contributed by atoms with van der Waals surface area (Å²) in [5, 5.41) is 16.6. The lowest BCUT2D eigenvalue weighted by molar-refractivity contribution is -0.192. The Labute approximate surface area is 95.4 Å². The van der Waals surface area contributed by atoms with E-state index in [4.69, 9.17) is 15.0 Å². The Morgan fingerprint density at radius 2 is 1.33 bits per heavy atom. The number of carbonyl (C=O) groups is 2. The van der Waals surface area contributed by atoms with Crippen molar-refractivity contribution >= 4 is 12.1 Å². The third-order valence-corrected chi connectivity index (χ3v) is 1.88. The molecular weight excluding hydrogens is 276 g/mol. The maximum atomic E-state index is 11.9. The van der Waals surface area contributed by atoms with Gasteiger partial charge in [-0.25, -0.2) is 9.59 Å². The van der Waals surface area contributed by atoms with Gasteiger partial charge in [-0.05, 0) is 12.8 Å². The number of nitrogens with one attached hydrogen (secondary N) is 1. The monoisotopic (exact) mass is 283 g/mol. The van der Waals surface area contributed by atoms with E-state index in [0.717, 1.165) is 0 Å². The largest absolute Gasteiger partial charge is 0.490 e. The molecule has 0 unspecified atom stereocenters. The Kier molecular flexibility index (Phi) is 4.44. The van der Waals surface area contributed by atoms with Crippen molar-refractivity contribution in [3.63, 3.8) is 0 Å². The number of carboxylic acids is 1. The van der Waals surface area contributed by atoms with Gasteiger partial charge in [-0.3, -0.25) is 0 Å². The third kappa shape index (κ3) is 4.67. The van der Waals surface area contributed by atoms with Crippen LogP contribution in [0.25, 0.3) is 0 Å². The minimum atomic E-state index is -5.08. The zero-order valence-corrected chi connectivity index (χ0v) is 8.39. The first-order chi connectivity index (χ1) is 7.82. The molecule has 1 amide bonds. The number of carboxylic acid groups (broad SMARTS) is 2. The standard InChI is InChI=1S/C5H6F3NO2.C2HF3O2/c6-5(7,8)4(1-2-4)9-3(10)11;3-2(4,5)1(6)7/h9H,1-2H2,(H,10,11);(H,6,7). The van der Waals surface area contributed by atoms with E-state index in [1.54, 1.807) is 0 Å². The fourth-order valence-corrected chi connectivity index (χ4v) is 0.809. The average molecular weight is 283 g/mol. The van der Waals surface area contributed by atoms with Crippen LogP contribution in [0.2, 0.25) is 0 Å². The molecule has 1 rings (SSSR count). The molecule has 0 aromatic heterocycles. The molecule has 0 aliphatic heterocycles. The van der Waals surface area contributed by atoms with E-state index >= 15 is 0 Å². The fraction of sp³-hybridized carbons (Fsp3) is 0.714. The second kappa shape index (κ2) is 4.90. The molecule has 5 nitrogen and oxygen atoms in total. The highest BCUT2D eigenvalue weighted by Crippen LogP contribution is 2.48. The van der Waals surface area contributed by atoms with Gasteiger partial charge in [-0.2, -0.15) is 26.3 Å². The molecule has 0 aromatic carbocycles. The van der Waals surface area contributed by atoms with Crippen LogP contribution in [0.15, 0.2) is 0 Å². The summed E-state index contributed by atoms with van der Waals surface area (Å²) in [7, 11) is 0. The van der Waals surface area contributed by atoms with Crippen LogP contribution in [0, 0.1) is 0 Å². The van der Waals surface area contributed by atoms with E-state index in [0.29, 0.717) is 0 Å². The van der Waals surface area contributed by atoms with Gasteiger partial charge < -0.3 is 15.5 Å². The van der Waals surface area contributed by atoms with Crippen LogP contribution < -0.4 is 5.32 Å². The molecule has 0 saturated heterocycles. The van der Waals surface area contributed by atoms with Crippen molar-refractivity contribution in [2.24, 2.45) is 0 Å². The molecular formula is C7H7F6NO4. The summed E-state index contributed by atoms with van der Waals surface area (Å²) >= 11 is 0. The van der Waals surface area contributed by atoms with Crippen LogP contribution in [0.5, 0.6) is 0 Å². The molecule has 0 radical (unpaired) electrons. The highest BCUT2D eigenvalue weighted by atomic mass is 19.4. The van der Waals surface area contributed by atoms with Crippen molar-refractivity contribution in [2.75, 3.05) is 0 Å². The molecule has 0 spiro atoms. The number of aliphatic carboxylic acids is 1. The molecule has 11 heteroatoms. The van der Waals surface area contributed by atoms with E-state index in [1.165, 1.54) is 5.32 Å². The highest BCUT2D eigenvalue weighted by Gasteiger charge is 2.64. The second-order valence-electron chi connectivity index (χ2n) is 3.31. The van der Waals surface area contributed by atoms with Gasteiger partial charge in [-0.1, -0.05) is 0 Å². The van der Waals surface area contributed by atoms with Crippen molar-refractivity contribution in [2.45, 2.75) is 30.7 Å². The summed E-state index contributed by atoms with van der Waals surface area (Å²) < 4.78 is 67.5. The van der Waals surface area contributed by atoms with E-state index in [1.807, 2.05) is 0 Å². The Balaban J connectivity index is 0.000000360. The molecule has 106 valence electrons. The van der Waals surface area contributed by atoms with Crippen LogP contribution in [0.1, 0.15) is 12.8 Å². The Hall–Kier alpha value is -1.68. The van der Waals surface area contributed by atoms with Crippen LogP contribution in [-0.4, -0.2) is 40.2 Å². The number of halogens is 6. The predicted octanol–water partition coefficient (Wildman–Crippen LogP) is 1.98. The van der Waals surface area contributed by atoms with Gasteiger partial charge in [-0.15, -0.1) is 0 Å². The quantitative estimate of drug-likeness (QED) is 0.642. The number of amides is 1. The fourth-order valence-electron chi connectivity index (χ4n) is 0.809. The molecule has 1 aliphatic carbocycles. The van der Waals surface area contributed by atoms with Gasteiger partial charge in [0.25, 0.3) is 0 Å². The smallest absolute Gasteiger partial charge is 0.475 e. The molecule has 1 fully saturated rings. The number of alkyl halides is 6. The van der Waals surface area contributed by atoms with E-state index < -0.39 is 30.0 Å². The van der Waals surface area contributed by atoms with Crippen molar-refractivity contribution in [1.82, 2.24) is 5.32 Å². The minimum absolute atomic E-state index is 0.150. The Morgan fingerprint density at radius 3 is 1.39 bits per heavy atom. The van der Waals surface area contributed by atoms with Crippen LogP contribution in [-0.2, 0) is 4.79 Å². The molecule has 1 aliphatic rings. The number of rotatable bonds is 1. The van der Waals surface area contributed by atoms with Gasteiger partial charge in [0, 0.05) is 0 Å². The normalized spacial score (nSPS) is 17.2. The van der Waals surface area contributed by atoms with Gasteiger partial charge in [0.1, 0.15) is 5.54 Å². The molecule has 0 atom stereocenters. The summed E-state index contributed by atoms with van der Waals surface area (Å²) in [5.74, 6) is -2.76. The second-order valence-corrected chi connectivity index (χ2v) is 3.31. The lowest BCUT2D eigenvalue weighted by atomic mass is 10.3. The van der Waals surface area contributed by atoms with Gasteiger partial charge in [0.05, 0.1) is 0 Å². The van der Waals surface area contributed by atoms with E-state index in [2.05, 4.69) is 0 Å². The van der Waals surface area contributed by atoms with Gasteiger partial charge in [0.15, 0.2) is 0 Å². The first-order valence-electron chi connectivity index (χ1n) is 4.20. The van der Waals surface area contributed by atoms with Crippen molar-refractivity contribution in [3.05, 3.63) is 0 Å². The summed E-state index contributed by atoms with van der Waals surface area (Å²) in [5.41, 5.74) is -2.14. The Morgan fingerprint density at radius 1 is 1.00 bits per heavy atom. The highest BCUT2D eigenvalue weighted by molar-refractivity contribution is 5.73. The maximum Gasteiger partial charge on any atom is 0.490 e. The summed E-state index contributed by atoms with van der Waals surface area (Å²) in [4.78, 5) is 18.8. The Bertz CT molecular complexity index is 332. The molecule has 0 aromatic rings. The maximum absolute atomic E-state index is 11.9. The van der Waals surface area contributed by atoms with Crippen molar-refractivity contribution < 1.29 is 46.1 Å². The molecule has 0 heterocycles. The van der Waals surface area contributed by atoms with Crippen LogP contribution in [0.4, 0.5) is 31.1 Å². The van der Waals surface area contributed by atoms with Crippen LogP contribution >= 0.6 is 0 Å². The van der Waals surface area contributed by atoms with Crippen LogP contribution in [0.3, 0.4) is 0 Å². The molecule has 18 heavy (non-hydrogen) atoms. The molecule has 0 bridgehead atoms. The van der Waals surface area contributed by atoms with Gasteiger partial charge >= 0.3 is 24.4 Å². The summed E-state index contributed by atoms with van der Waals surface area (Å²) in [6, 6.07) is 0. The zero-order valence-electron chi connectivity index (χ0n) is 8.39. The average Bonchev–Trinajstić information content (AvgIpc) is 2.81. The first-order valence-corrected chi connectivity index (χ1v) is 4.20. The number of hydrogen-bond acceptors (Lipinski definition) is 2. The summed E-state index contributed by atoms with van der Waals surface area (Å²) in [6.07, 6.45) is -11.5.